The molecule has 160 valence electrons. The van der Waals surface area contributed by atoms with E-state index in [1.807, 2.05) is 55.1 Å². The van der Waals surface area contributed by atoms with Gasteiger partial charge in [0.1, 0.15) is 0 Å². The van der Waals surface area contributed by atoms with Crippen LogP contribution in [0.25, 0.3) is 0 Å². The van der Waals surface area contributed by atoms with Crippen LogP contribution < -0.4 is 14.8 Å². The maximum Gasteiger partial charge on any atom is 0.251 e. The van der Waals surface area contributed by atoms with Gasteiger partial charge in [-0.05, 0) is 62.1 Å². The highest BCUT2D eigenvalue weighted by molar-refractivity contribution is 5.94. The second-order valence-electron chi connectivity index (χ2n) is 7.27. The Bertz CT molecular complexity index is 881. The van der Waals surface area contributed by atoms with Gasteiger partial charge in [-0.15, -0.1) is 0 Å². The van der Waals surface area contributed by atoms with Crippen LogP contribution in [-0.4, -0.2) is 43.0 Å². The molecule has 2 aromatic rings. The van der Waals surface area contributed by atoms with Crippen molar-refractivity contribution >= 4 is 11.8 Å². The Morgan fingerprint density at radius 3 is 2.57 bits per heavy atom. The summed E-state index contributed by atoms with van der Waals surface area (Å²) < 4.78 is 11.3. The molecule has 0 unspecified atom stereocenters. The molecule has 0 saturated carbocycles. The number of benzene rings is 2. The van der Waals surface area contributed by atoms with E-state index < -0.39 is 0 Å². The molecule has 0 aliphatic carbocycles. The first-order valence-corrected chi connectivity index (χ1v) is 10.6. The zero-order valence-electron chi connectivity index (χ0n) is 17.8. The Hall–Kier alpha value is -3.02. The quantitative estimate of drug-likeness (QED) is 0.650. The Morgan fingerprint density at radius 1 is 1.03 bits per heavy atom. The number of hydrogen-bond donors (Lipinski definition) is 1. The molecule has 0 atom stereocenters. The molecule has 6 nitrogen and oxygen atoms in total. The minimum absolute atomic E-state index is 0.111. The zero-order chi connectivity index (χ0) is 21.3. The molecular formula is C24H30N2O4. The van der Waals surface area contributed by atoms with Crippen molar-refractivity contribution in [1.82, 2.24) is 10.2 Å². The van der Waals surface area contributed by atoms with Crippen molar-refractivity contribution in [3.05, 3.63) is 59.2 Å². The third kappa shape index (κ3) is 5.75. The van der Waals surface area contributed by atoms with Gasteiger partial charge in [0.05, 0.1) is 13.2 Å². The number of hydrogen-bond acceptors (Lipinski definition) is 4. The average molecular weight is 411 g/mol. The van der Waals surface area contributed by atoms with E-state index in [0.29, 0.717) is 44.7 Å². The minimum atomic E-state index is -0.111. The highest BCUT2D eigenvalue weighted by Crippen LogP contribution is 2.28. The summed E-state index contributed by atoms with van der Waals surface area (Å²) in [6.45, 7) is 6.91. The Kier molecular flexibility index (Phi) is 7.71. The van der Waals surface area contributed by atoms with Gasteiger partial charge in [-0.2, -0.15) is 0 Å². The van der Waals surface area contributed by atoms with Gasteiger partial charge in [-0.25, -0.2) is 0 Å². The van der Waals surface area contributed by atoms with Crippen LogP contribution >= 0.6 is 0 Å². The molecular weight excluding hydrogens is 380 g/mol. The van der Waals surface area contributed by atoms with Gasteiger partial charge >= 0.3 is 0 Å². The number of rotatable bonds is 10. The Labute approximate surface area is 178 Å². The van der Waals surface area contributed by atoms with Gasteiger partial charge in [0.15, 0.2) is 11.5 Å². The molecule has 2 amide bonds. The number of ether oxygens (including phenoxy) is 2. The van der Waals surface area contributed by atoms with Crippen molar-refractivity contribution in [2.24, 2.45) is 0 Å². The summed E-state index contributed by atoms with van der Waals surface area (Å²) >= 11 is 0. The zero-order valence-corrected chi connectivity index (χ0v) is 17.8. The predicted octanol–water partition coefficient (Wildman–Crippen LogP) is 3.58. The van der Waals surface area contributed by atoms with Crippen LogP contribution in [-0.2, 0) is 17.8 Å². The minimum Gasteiger partial charge on any atom is -0.490 e. The molecule has 0 bridgehead atoms. The molecule has 6 heteroatoms. The molecule has 1 saturated heterocycles. The predicted molar refractivity (Wildman–Crippen MR) is 116 cm³/mol. The highest BCUT2D eigenvalue weighted by Gasteiger charge is 2.20. The fraction of sp³-hybridized carbons (Fsp3) is 0.417. The Balaban J connectivity index is 1.55. The summed E-state index contributed by atoms with van der Waals surface area (Å²) in [4.78, 5) is 26.2. The SMILES string of the molecule is CCOc1ccc(CCNC(=O)c2cccc(CN3CCCC3=O)c2)cc1OCC. The van der Waals surface area contributed by atoms with Gasteiger partial charge in [-0.3, -0.25) is 9.59 Å². The molecule has 0 aromatic heterocycles. The summed E-state index contributed by atoms with van der Waals surface area (Å²) in [5, 5.41) is 2.98. The van der Waals surface area contributed by atoms with Crippen LogP contribution in [0.4, 0.5) is 0 Å². The molecule has 30 heavy (non-hydrogen) atoms. The molecule has 0 spiro atoms. The molecule has 1 aliphatic rings. The molecule has 1 aliphatic heterocycles. The molecule has 1 fully saturated rings. The normalized spacial score (nSPS) is 13.4. The van der Waals surface area contributed by atoms with Crippen LogP contribution in [0.5, 0.6) is 11.5 Å². The number of nitrogens with zero attached hydrogens (tertiary/aromatic N) is 1. The fourth-order valence-electron chi connectivity index (χ4n) is 3.58. The molecule has 1 N–H and O–H groups in total. The molecule has 2 aromatic carbocycles. The van der Waals surface area contributed by atoms with Crippen molar-refractivity contribution < 1.29 is 19.1 Å². The number of carbonyl (C=O) groups excluding carboxylic acids is 2. The van der Waals surface area contributed by atoms with E-state index in [2.05, 4.69) is 5.32 Å². The van der Waals surface area contributed by atoms with Gasteiger partial charge in [0.25, 0.3) is 5.91 Å². The van der Waals surface area contributed by atoms with E-state index in [1.54, 1.807) is 6.07 Å². The van der Waals surface area contributed by atoms with E-state index in [4.69, 9.17) is 9.47 Å². The number of amides is 2. The summed E-state index contributed by atoms with van der Waals surface area (Å²) in [6.07, 6.45) is 2.23. The second-order valence-corrected chi connectivity index (χ2v) is 7.27. The largest absolute Gasteiger partial charge is 0.490 e. The first kappa shape index (κ1) is 21.7. The Morgan fingerprint density at radius 2 is 1.83 bits per heavy atom. The smallest absolute Gasteiger partial charge is 0.251 e. The van der Waals surface area contributed by atoms with Crippen molar-refractivity contribution in [1.29, 1.82) is 0 Å². The van der Waals surface area contributed by atoms with Crippen LogP contribution in [0.15, 0.2) is 42.5 Å². The van der Waals surface area contributed by atoms with Crippen molar-refractivity contribution in [2.45, 2.75) is 39.7 Å². The molecule has 3 rings (SSSR count). The van der Waals surface area contributed by atoms with Gasteiger partial charge in [0.2, 0.25) is 5.91 Å². The topological polar surface area (TPSA) is 67.9 Å². The highest BCUT2D eigenvalue weighted by atomic mass is 16.5. The van der Waals surface area contributed by atoms with Crippen LogP contribution in [0.1, 0.15) is 48.2 Å². The second kappa shape index (κ2) is 10.7. The van der Waals surface area contributed by atoms with Gasteiger partial charge < -0.3 is 19.7 Å². The van der Waals surface area contributed by atoms with E-state index >= 15 is 0 Å². The lowest BCUT2D eigenvalue weighted by atomic mass is 10.1. The summed E-state index contributed by atoms with van der Waals surface area (Å²) in [6, 6.07) is 13.4. The summed E-state index contributed by atoms with van der Waals surface area (Å²) in [5.41, 5.74) is 2.66. The summed E-state index contributed by atoms with van der Waals surface area (Å²) in [5.74, 6) is 1.54. The van der Waals surface area contributed by atoms with Crippen LogP contribution in [0.2, 0.25) is 0 Å². The number of likely N-dealkylation sites (tertiary alicyclic amines) is 1. The lowest BCUT2D eigenvalue weighted by molar-refractivity contribution is -0.128. The maximum absolute atomic E-state index is 12.6. The summed E-state index contributed by atoms with van der Waals surface area (Å²) in [7, 11) is 0. The first-order valence-electron chi connectivity index (χ1n) is 10.6. The molecule has 0 radical (unpaired) electrons. The van der Waals surface area contributed by atoms with E-state index in [0.717, 1.165) is 35.6 Å². The lowest BCUT2D eigenvalue weighted by Crippen LogP contribution is -2.26. The van der Waals surface area contributed by atoms with Crippen molar-refractivity contribution in [3.63, 3.8) is 0 Å². The fourth-order valence-corrected chi connectivity index (χ4v) is 3.58. The lowest BCUT2D eigenvalue weighted by Gasteiger charge is -2.16. The standard InChI is InChI=1S/C24H30N2O4/c1-3-29-21-11-10-18(16-22(21)30-4-2)12-13-25-24(28)20-8-5-7-19(15-20)17-26-14-6-9-23(26)27/h5,7-8,10-11,15-16H,3-4,6,9,12-14,17H2,1-2H3,(H,25,28). The van der Waals surface area contributed by atoms with E-state index in [9.17, 15) is 9.59 Å². The van der Waals surface area contributed by atoms with E-state index in [-0.39, 0.29) is 11.8 Å². The first-order chi connectivity index (χ1) is 14.6. The van der Waals surface area contributed by atoms with Gasteiger partial charge in [-0.1, -0.05) is 18.2 Å². The maximum atomic E-state index is 12.6. The van der Waals surface area contributed by atoms with Crippen molar-refractivity contribution in [3.8, 4) is 11.5 Å². The average Bonchev–Trinajstić information content (AvgIpc) is 3.14. The van der Waals surface area contributed by atoms with E-state index in [1.165, 1.54) is 0 Å². The van der Waals surface area contributed by atoms with Gasteiger partial charge in [0, 0.05) is 31.6 Å². The van der Waals surface area contributed by atoms with Crippen LogP contribution in [0.3, 0.4) is 0 Å². The number of nitrogens with one attached hydrogen (secondary N) is 1. The number of carbonyl (C=O) groups is 2. The molecule has 1 heterocycles. The monoisotopic (exact) mass is 410 g/mol. The van der Waals surface area contributed by atoms with Crippen molar-refractivity contribution in [2.75, 3.05) is 26.3 Å². The van der Waals surface area contributed by atoms with Crippen LogP contribution in [0, 0.1) is 0 Å². The third-order valence-corrected chi connectivity index (χ3v) is 5.04. The third-order valence-electron chi connectivity index (χ3n) is 5.04.